The van der Waals surface area contributed by atoms with Crippen LogP contribution in [0.15, 0.2) is 11.2 Å². The van der Waals surface area contributed by atoms with Crippen LogP contribution in [0.5, 0.6) is 5.88 Å². The summed E-state index contributed by atoms with van der Waals surface area (Å²) in [6.45, 7) is 8.87. The maximum absolute atomic E-state index is 5.73. The average Bonchev–Trinajstić information content (AvgIpc) is 2.15. The molecule has 1 aromatic heterocycles. The highest BCUT2D eigenvalue weighted by molar-refractivity contribution is 7.98. The molecule has 1 N–H and O–H groups in total. The molecule has 0 spiro atoms. The van der Waals surface area contributed by atoms with E-state index in [2.05, 4.69) is 15.3 Å². The van der Waals surface area contributed by atoms with Gasteiger partial charge >= 0.3 is 0 Å². The highest BCUT2D eigenvalue weighted by Gasteiger charge is 2.14. The van der Waals surface area contributed by atoms with Gasteiger partial charge in [0.25, 0.3) is 0 Å². The van der Waals surface area contributed by atoms with Gasteiger partial charge in [0, 0.05) is 12.6 Å². The van der Waals surface area contributed by atoms with E-state index in [-0.39, 0.29) is 5.60 Å². The normalized spacial score (nSPS) is 11.3. The summed E-state index contributed by atoms with van der Waals surface area (Å²) in [7, 11) is 0. The van der Waals surface area contributed by atoms with Crippen LogP contribution >= 0.6 is 11.8 Å². The van der Waals surface area contributed by atoms with Crippen LogP contribution in [-0.2, 0) is 0 Å². The van der Waals surface area contributed by atoms with Crippen molar-refractivity contribution in [3.05, 3.63) is 6.07 Å². The number of hydrogen-bond acceptors (Lipinski definition) is 5. The van der Waals surface area contributed by atoms with Gasteiger partial charge in [0.2, 0.25) is 5.88 Å². The Bertz CT molecular complexity index is 350. The van der Waals surface area contributed by atoms with Crippen molar-refractivity contribution in [1.29, 1.82) is 0 Å². The van der Waals surface area contributed by atoms with Crippen molar-refractivity contribution in [3.8, 4) is 5.88 Å². The molecule has 0 aliphatic heterocycles. The molecule has 0 saturated heterocycles. The van der Waals surface area contributed by atoms with Crippen LogP contribution in [0, 0.1) is 0 Å². The molecule has 1 aromatic rings. The first-order valence-corrected chi connectivity index (χ1v) is 6.53. The predicted octanol–water partition coefficient (Wildman–Crippen LogP) is 2.81. The lowest BCUT2D eigenvalue weighted by Gasteiger charge is -2.20. The molecule has 0 aliphatic carbocycles. The molecule has 0 bridgehead atoms. The quantitative estimate of drug-likeness (QED) is 0.649. The Hall–Kier alpha value is -0.970. The van der Waals surface area contributed by atoms with Crippen LogP contribution in [0.3, 0.4) is 0 Å². The van der Waals surface area contributed by atoms with Gasteiger partial charge in [-0.05, 0) is 34.0 Å². The summed E-state index contributed by atoms with van der Waals surface area (Å²) in [5.41, 5.74) is -0.243. The number of thioether (sulfide) groups is 1. The van der Waals surface area contributed by atoms with E-state index in [0.29, 0.717) is 5.88 Å². The second-order valence-corrected chi connectivity index (χ2v) is 5.10. The van der Waals surface area contributed by atoms with Crippen LogP contribution in [-0.4, -0.2) is 28.4 Å². The molecule has 90 valence electrons. The third-order valence-corrected chi connectivity index (χ3v) is 2.18. The fourth-order valence-corrected chi connectivity index (χ4v) is 1.50. The Balaban J connectivity index is 2.95. The third kappa shape index (κ3) is 4.26. The topological polar surface area (TPSA) is 47.0 Å². The highest BCUT2D eigenvalue weighted by atomic mass is 32.2. The lowest BCUT2D eigenvalue weighted by atomic mass is 10.2. The molecular formula is C11H19N3OS. The number of anilines is 1. The molecule has 1 rings (SSSR count). The number of aromatic nitrogens is 2. The summed E-state index contributed by atoms with van der Waals surface area (Å²) in [5.74, 6) is 1.42. The molecule has 1 heterocycles. The predicted molar refractivity (Wildman–Crippen MR) is 68.4 cm³/mol. The maximum atomic E-state index is 5.73. The molecule has 0 saturated carbocycles. The van der Waals surface area contributed by atoms with E-state index in [9.17, 15) is 0 Å². The Morgan fingerprint density at radius 2 is 2.06 bits per heavy atom. The smallest absolute Gasteiger partial charge is 0.219 e. The van der Waals surface area contributed by atoms with E-state index < -0.39 is 0 Å². The van der Waals surface area contributed by atoms with Gasteiger partial charge in [-0.1, -0.05) is 11.8 Å². The summed E-state index contributed by atoms with van der Waals surface area (Å²) in [5, 5.41) is 3.88. The second-order valence-electron chi connectivity index (χ2n) is 4.32. The molecule has 0 fully saturated rings. The average molecular weight is 241 g/mol. The monoisotopic (exact) mass is 241 g/mol. The minimum Gasteiger partial charge on any atom is -0.472 e. The lowest BCUT2D eigenvalue weighted by molar-refractivity contribution is 0.123. The van der Waals surface area contributed by atoms with Crippen LogP contribution in [0.25, 0.3) is 0 Å². The zero-order chi connectivity index (χ0) is 12.2. The van der Waals surface area contributed by atoms with Crippen molar-refractivity contribution in [3.63, 3.8) is 0 Å². The number of nitrogens with one attached hydrogen (secondary N) is 1. The van der Waals surface area contributed by atoms with Crippen LogP contribution < -0.4 is 10.1 Å². The van der Waals surface area contributed by atoms with E-state index in [4.69, 9.17) is 4.74 Å². The van der Waals surface area contributed by atoms with Crippen molar-refractivity contribution < 1.29 is 4.74 Å². The van der Waals surface area contributed by atoms with Crippen LogP contribution in [0.1, 0.15) is 27.7 Å². The number of hydrogen-bond donors (Lipinski definition) is 1. The summed E-state index contributed by atoms with van der Waals surface area (Å²) in [6.07, 6.45) is 1.95. The van der Waals surface area contributed by atoms with Crippen LogP contribution in [0.2, 0.25) is 0 Å². The Morgan fingerprint density at radius 3 is 2.56 bits per heavy atom. The molecule has 0 atom stereocenters. The SMILES string of the molecule is CCNc1cc(OC(C)(C)C)nc(SC)n1. The Kier molecular flexibility index (Phi) is 4.41. The Morgan fingerprint density at radius 1 is 1.38 bits per heavy atom. The van der Waals surface area contributed by atoms with Crippen molar-refractivity contribution in [2.45, 2.75) is 38.5 Å². The molecule has 5 heteroatoms. The van der Waals surface area contributed by atoms with Gasteiger partial charge < -0.3 is 10.1 Å². The summed E-state index contributed by atoms with van der Waals surface area (Å²) >= 11 is 1.51. The Labute approximate surface area is 101 Å². The van der Waals surface area contributed by atoms with Crippen LogP contribution in [0.4, 0.5) is 5.82 Å². The number of rotatable bonds is 4. The maximum Gasteiger partial charge on any atom is 0.219 e. The number of ether oxygens (including phenoxy) is 1. The van der Waals surface area contributed by atoms with Crippen molar-refractivity contribution >= 4 is 17.6 Å². The van der Waals surface area contributed by atoms with E-state index >= 15 is 0 Å². The third-order valence-electron chi connectivity index (χ3n) is 1.63. The molecule has 0 radical (unpaired) electrons. The van der Waals surface area contributed by atoms with Gasteiger partial charge in [-0.2, -0.15) is 4.98 Å². The molecule has 0 unspecified atom stereocenters. The fraction of sp³-hybridized carbons (Fsp3) is 0.636. The van der Waals surface area contributed by atoms with Gasteiger partial charge in [-0.3, -0.25) is 0 Å². The zero-order valence-corrected chi connectivity index (χ0v) is 11.3. The van der Waals surface area contributed by atoms with E-state index in [0.717, 1.165) is 17.5 Å². The zero-order valence-electron chi connectivity index (χ0n) is 10.5. The molecule has 0 aliphatic rings. The molecule has 16 heavy (non-hydrogen) atoms. The summed E-state index contributed by atoms with van der Waals surface area (Å²) in [6, 6.07) is 1.83. The van der Waals surface area contributed by atoms with Gasteiger partial charge in [0.15, 0.2) is 5.16 Å². The molecule has 0 amide bonds. The highest BCUT2D eigenvalue weighted by Crippen LogP contribution is 2.22. The first kappa shape index (κ1) is 13.1. The molecule has 0 aromatic carbocycles. The van der Waals surface area contributed by atoms with E-state index in [1.165, 1.54) is 11.8 Å². The van der Waals surface area contributed by atoms with Crippen molar-refractivity contribution in [2.24, 2.45) is 0 Å². The minimum absolute atomic E-state index is 0.243. The van der Waals surface area contributed by atoms with Gasteiger partial charge in [0.05, 0.1) is 0 Å². The van der Waals surface area contributed by atoms with Gasteiger partial charge in [0.1, 0.15) is 11.4 Å². The first-order valence-electron chi connectivity index (χ1n) is 5.30. The van der Waals surface area contributed by atoms with E-state index in [1.807, 2.05) is 40.0 Å². The van der Waals surface area contributed by atoms with Gasteiger partial charge in [-0.15, -0.1) is 0 Å². The minimum atomic E-state index is -0.243. The largest absolute Gasteiger partial charge is 0.472 e. The van der Waals surface area contributed by atoms with E-state index in [1.54, 1.807) is 0 Å². The summed E-state index contributed by atoms with van der Waals surface area (Å²) in [4.78, 5) is 8.64. The standard InChI is InChI=1S/C11H19N3OS/c1-6-12-8-7-9(15-11(2,3)4)14-10(13-8)16-5/h7H,6H2,1-5H3,(H,12,13,14). The fourth-order valence-electron chi connectivity index (χ4n) is 1.13. The lowest BCUT2D eigenvalue weighted by Crippen LogP contribution is -2.23. The number of nitrogens with zero attached hydrogens (tertiary/aromatic N) is 2. The second kappa shape index (κ2) is 5.39. The summed E-state index contributed by atoms with van der Waals surface area (Å²) < 4.78 is 5.73. The first-order chi connectivity index (χ1) is 7.44. The van der Waals surface area contributed by atoms with Gasteiger partial charge in [-0.25, -0.2) is 4.98 Å². The van der Waals surface area contributed by atoms with Crippen molar-refractivity contribution in [1.82, 2.24) is 9.97 Å². The van der Waals surface area contributed by atoms with Crippen molar-refractivity contribution in [2.75, 3.05) is 18.1 Å². The molecular weight excluding hydrogens is 222 g/mol. The molecule has 4 nitrogen and oxygen atoms in total.